The van der Waals surface area contributed by atoms with Gasteiger partial charge in [0.15, 0.2) is 5.65 Å². The van der Waals surface area contributed by atoms with Gasteiger partial charge in [-0.15, -0.1) is 0 Å². The second kappa shape index (κ2) is 6.13. The van der Waals surface area contributed by atoms with E-state index in [-0.39, 0.29) is 17.9 Å². The van der Waals surface area contributed by atoms with Crippen LogP contribution in [0.5, 0.6) is 0 Å². The molecule has 0 unspecified atom stereocenters. The van der Waals surface area contributed by atoms with Crippen LogP contribution in [0.2, 0.25) is 0 Å². The molecule has 1 fully saturated rings. The maximum atomic E-state index is 12.8. The number of carbonyl (C=O) groups is 2. The first-order valence-electron chi connectivity index (χ1n) is 8.57. The monoisotopic (exact) mass is 343 g/mol. The minimum absolute atomic E-state index is 0.0422. The van der Waals surface area contributed by atoms with Crippen molar-refractivity contribution in [2.45, 2.75) is 39.7 Å². The summed E-state index contributed by atoms with van der Waals surface area (Å²) < 4.78 is 1.70. The number of nitrogens with zero attached hydrogens (tertiary/aromatic N) is 5. The zero-order chi connectivity index (χ0) is 18.4. The van der Waals surface area contributed by atoms with Gasteiger partial charge in [0, 0.05) is 32.3 Å². The van der Waals surface area contributed by atoms with Crippen molar-refractivity contribution in [1.29, 1.82) is 0 Å². The van der Waals surface area contributed by atoms with Crippen LogP contribution in [0.1, 0.15) is 55.7 Å². The number of aromatic nitrogens is 3. The van der Waals surface area contributed by atoms with Crippen LogP contribution in [0.3, 0.4) is 0 Å². The Morgan fingerprint density at radius 2 is 2.00 bits per heavy atom. The lowest BCUT2D eigenvalue weighted by Gasteiger charge is -2.31. The molecular formula is C18H25N5O2. The van der Waals surface area contributed by atoms with Gasteiger partial charge in [-0.1, -0.05) is 20.8 Å². The smallest absolute Gasteiger partial charge is 0.258 e. The molecule has 1 aliphatic rings. The minimum Gasteiger partial charge on any atom is -0.345 e. The predicted molar refractivity (Wildman–Crippen MR) is 94.1 cm³/mol. The van der Waals surface area contributed by atoms with Crippen molar-refractivity contribution >= 4 is 17.5 Å². The summed E-state index contributed by atoms with van der Waals surface area (Å²) in [5.74, 6) is 0.00501. The first kappa shape index (κ1) is 17.4. The van der Waals surface area contributed by atoms with E-state index in [1.165, 1.54) is 4.90 Å². The molecule has 3 heterocycles. The zero-order valence-electron chi connectivity index (χ0n) is 15.5. The van der Waals surface area contributed by atoms with E-state index < -0.39 is 5.41 Å². The van der Waals surface area contributed by atoms with Crippen LogP contribution in [-0.2, 0) is 4.79 Å². The summed E-state index contributed by atoms with van der Waals surface area (Å²) in [5, 5.41) is 4.39. The molecular weight excluding hydrogens is 318 g/mol. The molecule has 1 aliphatic heterocycles. The van der Waals surface area contributed by atoms with Crippen molar-refractivity contribution < 1.29 is 9.59 Å². The predicted octanol–water partition coefficient (Wildman–Crippen LogP) is 2.14. The lowest BCUT2D eigenvalue weighted by atomic mass is 9.94. The Kier molecular flexibility index (Phi) is 4.26. The third-order valence-electron chi connectivity index (χ3n) is 4.56. The Labute approximate surface area is 147 Å². The third-order valence-corrected chi connectivity index (χ3v) is 4.56. The molecule has 2 aromatic rings. The molecule has 0 N–H and O–H groups in total. The molecule has 134 valence electrons. The molecule has 0 aliphatic carbocycles. The summed E-state index contributed by atoms with van der Waals surface area (Å²) in [5.41, 5.74) is 1.48. The van der Waals surface area contributed by atoms with Crippen LogP contribution in [0.25, 0.3) is 5.65 Å². The average Bonchev–Trinajstić information content (AvgIpc) is 3.18. The van der Waals surface area contributed by atoms with Crippen LogP contribution in [0, 0.1) is 5.41 Å². The maximum absolute atomic E-state index is 12.8. The summed E-state index contributed by atoms with van der Waals surface area (Å²) in [4.78, 5) is 32.9. The molecule has 3 rings (SSSR count). The topological polar surface area (TPSA) is 70.8 Å². The molecule has 25 heavy (non-hydrogen) atoms. The van der Waals surface area contributed by atoms with Gasteiger partial charge in [0.25, 0.3) is 5.91 Å². The summed E-state index contributed by atoms with van der Waals surface area (Å²) in [6.45, 7) is 6.56. The Morgan fingerprint density at radius 3 is 2.64 bits per heavy atom. The van der Waals surface area contributed by atoms with Crippen LogP contribution in [0.15, 0.2) is 18.5 Å². The first-order valence-corrected chi connectivity index (χ1v) is 8.57. The molecule has 0 bridgehead atoms. The quantitative estimate of drug-likeness (QED) is 0.838. The largest absolute Gasteiger partial charge is 0.345 e. The number of amides is 2. The van der Waals surface area contributed by atoms with Crippen LogP contribution >= 0.6 is 0 Å². The van der Waals surface area contributed by atoms with Gasteiger partial charge in [-0.3, -0.25) is 9.59 Å². The zero-order valence-corrected chi connectivity index (χ0v) is 15.5. The normalized spacial score (nSPS) is 18.0. The fourth-order valence-corrected chi connectivity index (χ4v) is 3.30. The van der Waals surface area contributed by atoms with Crippen LogP contribution < -0.4 is 0 Å². The Balaban J connectivity index is 2.04. The second-order valence-corrected chi connectivity index (χ2v) is 7.77. The molecule has 1 atom stereocenters. The lowest BCUT2D eigenvalue weighted by molar-refractivity contribution is -0.140. The fourth-order valence-electron chi connectivity index (χ4n) is 3.30. The molecule has 0 radical (unpaired) electrons. The Morgan fingerprint density at radius 1 is 1.28 bits per heavy atom. The number of rotatable bonds is 2. The van der Waals surface area contributed by atoms with Gasteiger partial charge in [0.1, 0.15) is 5.56 Å². The van der Waals surface area contributed by atoms with Crippen molar-refractivity contribution in [2.75, 3.05) is 20.6 Å². The summed E-state index contributed by atoms with van der Waals surface area (Å²) in [6.07, 6.45) is 5.09. The van der Waals surface area contributed by atoms with Gasteiger partial charge < -0.3 is 9.80 Å². The maximum Gasteiger partial charge on any atom is 0.258 e. The van der Waals surface area contributed by atoms with Gasteiger partial charge >= 0.3 is 0 Å². The van der Waals surface area contributed by atoms with E-state index in [0.717, 1.165) is 25.1 Å². The number of carbonyl (C=O) groups excluding carboxylic acids is 2. The van der Waals surface area contributed by atoms with Crippen LogP contribution in [0.4, 0.5) is 0 Å². The first-order chi connectivity index (χ1) is 11.7. The summed E-state index contributed by atoms with van der Waals surface area (Å²) in [7, 11) is 3.41. The van der Waals surface area contributed by atoms with Crippen molar-refractivity contribution in [3.63, 3.8) is 0 Å². The molecule has 7 nitrogen and oxygen atoms in total. The average molecular weight is 343 g/mol. The van der Waals surface area contributed by atoms with Gasteiger partial charge in [0.05, 0.1) is 17.9 Å². The molecule has 0 spiro atoms. The van der Waals surface area contributed by atoms with Gasteiger partial charge in [-0.25, -0.2) is 9.50 Å². The van der Waals surface area contributed by atoms with Gasteiger partial charge in [-0.2, -0.15) is 5.10 Å². The molecule has 0 saturated carbocycles. The molecule has 7 heteroatoms. The lowest BCUT2D eigenvalue weighted by Crippen LogP contribution is -2.39. The van der Waals surface area contributed by atoms with Crippen molar-refractivity contribution in [3.8, 4) is 0 Å². The minimum atomic E-state index is -0.426. The second-order valence-electron chi connectivity index (χ2n) is 7.77. The van der Waals surface area contributed by atoms with Gasteiger partial charge in [0.2, 0.25) is 5.91 Å². The Hall–Kier alpha value is -2.44. The highest BCUT2D eigenvalue weighted by molar-refractivity contribution is 5.99. The standard InChI is InChI=1S/C18H25N5O2/c1-18(2,3)17(25)22-10-6-7-13(22)14-8-9-19-15-12(11-20-23(14)15)16(24)21(4)5/h8-9,11,13H,6-7,10H2,1-5H3/t13-/m0/s1. The van der Waals surface area contributed by atoms with E-state index in [9.17, 15) is 9.59 Å². The van der Waals surface area contributed by atoms with Crippen molar-refractivity contribution in [3.05, 3.63) is 29.7 Å². The fraction of sp³-hybridized carbons (Fsp3) is 0.556. The van der Waals surface area contributed by atoms with E-state index in [0.29, 0.717) is 11.2 Å². The molecule has 0 aromatic carbocycles. The number of hydrogen-bond donors (Lipinski definition) is 0. The molecule has 1 saturated heterocycles. The van der Waals surface area contributed by atoms with E-state index >= 15 is 0 Å². The van der Waals surface area contributed by atoms with Crippen molar-refractivity contribution in [1.82, 2.24) is 24.4 Å². The highest BCUT2D eigenvalue weighted by Crippen LogP contribution is 2.35. The Bertz CT molecular complexity index is 818. The SMILES string of the molecule is CN(C)C(=O)c1cnn2c([C@@H]3CCCN3C(=O)C(C)(C)C)ccnc12. The van der Waals surface area contributed by atoms with Crippen molar-refractivity contribution in [2.24, 2.45) is 5.41 Å². The number of likely N-dealkylation sites (tertiary alicyclic amines) is 1. The van der Waals surface area contributed by atoms with E-state index in [2.05, 4.69) is 10.1 Å². The van der Waals surface area contributed by atoms with E-state index in [1.807, 2.05) is 31.7 Å². The highest BCUT2D eigenvalue weighted by atomic mass is 16.2. The summed E-state index contributed by atoms with van der Waals surface area (Å²) in [6, 6.07) is 1.85. The highest BCUT2D eigenvalue weighted by Gasteiger charge is 2.37. The third kappa shape index (κ3) is 2.99. The summed E-state index contributed by atoms with van der Waals surface area (Å²) >= 11 is 0. The van der Waals surface area contributed by atoms with Gasteiger partial charge in [-0.05, 0) is 18.9 Å². The number of hydrogen-bond acceptors (Lipinski definition) is 4. The molecule has 2 aromatic heterocycles. The van der Waals surface area contributed by atoms with Crippen LogP contribution in [-0.4, -0.2) is 56.9 Å². The number of fused-ring (bicyclic) bond motifs is 1. The van der Waals surface area contributed by atoms with E-state index in [1.54, 1.807) is 31.0 Å². The van der Waals surface area contributed by atoms with E-state index in [4.69, 9.17) is 0 Å². The molecule has 2 amide bonds.